The lowest BCUT2D eigenvalue weighted by molar-refractivity contribution is -0.140. The van der Waals surface area contributed by atoms with Crippen LogP contribution in [0.1, 0.15) is 33.1 Å². The normalized spacial score (nSPS) is 31.0. The summed E-state index contributed by atoms with van der Waals surface area (Å²) in [5.74, 6) is 0.139. The second-order valence-electron chi connectivity index (χ2n) is 6.23. The van der Waals surface area contributed by atoms with Crippen LogP contribution >= 0.6 is 0 Å². The van der Waals surface area contributed by atoms with E-state index in [9.17, 15) is 9.59 Å². The number of likely N-dealkylation sites (N-methyl/N-ethyl adjacent to an activating group) is 1. The fraction of sp³-hybridized carbons (Fsp3) is 0.867. The van der Waals surface area contributed by atoms with E-state index in [0.717, 1.165) is 25.9 Å². The average Bonchev–Trinajstić information content (AvgIpc) is 2.47. The molecule has 2 N–H and O–H groups in total. The van der Waals surface area contributed by atoms with E-state index < -0.39 is 0 Å². The lowest BCUT2D eigenvalue weighted by Crippen LogP contribution is -2.60. The number of nitrogens with zero attached hydrogens (tertiary/aromatic N) is 2. The molecule has 3 unspecified atom stereocenters. The summed E-state index contributed by atoms with van der Waals surface area (Å²) in [6.07, 6.45) is 3.35. The van der Waals surface area contributed by atoms with Crippen molar-refractivity contribution in [2.24, 2.45) is 0 Å². The standard InChI is InChI=1S/C15H28N4O2/c1-11-5-4-6-12(2)19(11)14(20)10-18-8-7-17-9-13(18)15(21)16-3/h11-13,17H,4-10H2,1-3H3,(H,16,21). The van der Waals surface area contributed by atoms with Crippen molar-refractivity contribution in [3.63, 3.8) is 0 Å². The Labute approximate surface area is 127 Å². The van der Waals surface area contributed by atoms with Crippen molar-refractivity contribution in [2.75, 3.05) is 33.2 Å². The Morgan fingerprint density at radius 3 is 2.52 bits per heavy atom. The molecule has 0 aliphatic carbocycles. The number of carbonyl (C=O) groups is 2. The first-order valence-corrected chi connectivity index (χ1v) is 8.02. The van der Waals surface area contributed by atoms with Gasteiger partial charge in [-0.3, -0.25) is 14.5 Å². The molecule has 21 heavy (non-hydrogen) atoms. The molecule has 2 saturated heterocycles. The minimum absolute atomic E-state index is 0.0188. The summed E-state index contributed by atoms with van der Waals surface area (Å²) in [6, 6.07) is 0.369. The first kappa shape index (κ1) is 16.2. The number of rotatable bonds is 3. The van der Waals surface area contributed by atoms with E-state index in [1.807, 2.05) is 9.80 Å². The Morgan fingerprint density at radius 2 is 1.90 bits per heavy atom. The molecule has 2 aliphatic heterocycles. The molecule has 2 amide bonds. The number of amides is 2. The lowest BCUT2D eigenvalue weighted by Gasteiger charge is -2.41. The third-order valence-corrected chi connectivity index (χ3v) is 4.72. The van der Waals surface area contributed by atoms with E-state index in [2.05, 4.69) is 24.5 Å². The minimum atomic E-state index is -0.247. The van der Waals surface area contributed by atoms with Crippen LogP contribution in [-0.4, -0.2) is 73.0 Å². The Morgan fingerprint density at radius 1 is 1.24 bits per heavy atom. The first-order chi connectivity index (χ1) is 10.0. The Bertz CT molecular complexity index is 378. The van der Waals surface area contributed by atoms with Crippen LogP contribution in [0.5, 0.6) is 0 Å². The number of likely N-dealkylation sites (tertiary alicyclic amines) is 1. The van der Waals surface area contributed by atoms with Gasteiger partial charge in [0.1, 0.15) is 6.04 Å². The van der Waals surface area contributed by atoms with E-state index >= 15 is 0 Å². The molecule has 0 aromatic heterocycles. The highest BCUT2D eigenvalue weighted by Gasteiger charge is 2.34. The van der Waals surface area contributed by atoms with Gasteiger partial charge in [0.25, 0.3) is 0 Å². The van der Waals surface area contributed by atoms with Crippen LogP contribution in [0, 0.1) is 0 Å². The third kappa shape index (κ3) is 3.74. The zero-order valence-corrected chi connectivity index (χ0v) is 13.4. The molecule has 0 radical (unpaired) electrons. The summed E-state index contributed by atoms with van der Waals surface area (Å²) >= 11 is 0. The number of piperidine rings is 1. The molecule has 2 aliphatic rings. The van der Waals surface area contributed by atoms with E-state index in [-0.39, 0.29) is 17.9 Å². The van der Waals surface area contributed by atoms with Crippen molar-refractivity contribution in [1.29, 1.82) is 0 Å². The third-order valence-electron chi connectivity index (χ3n) is 4.72. The fourth-order valence-electron chi connectivity index (χ4n) is 3.53. The number of carbonyl (C=O) groups excluding carboxylic acids is 2. The quantitative estimate of drug-likeness (QED) is 0.757. The minimum Gasteiger partial charge on any atom is -0.358 e. The molecule has 120 valence electrons. The maximum atomic E-state index is 12.7. The topological polar surface area (TPSA) is 64.7 Å². The van der Waals surface area contributed by atoms with Gasteiger partial charge in [0, 0.05) is 38.8 Å². The zero-order chi connectivity index (χ0) is 15.4. The maximum absolute atomic E-state index is 12.7. The molecular weight excluding hydrogens is 268 g/mol. The summed E-state index contributed by atoms with van der Waals surface area (Å²) in [7, 11) is 1.64. The summed E-state index contributed by atoms with van der Waals surface area (Å²) in [5.41, 5.74) is 0. The van der Waals surface area contributed by atoms with Gasteiger partial charge in [-0.05, 0) is 33.1 Å². The Balaban J connectivity index is 2.00. The van der Waals surface area contributed by atoms with E-state index in [4.69, 9.17) is 0 Å². The van der Waals surface area contributed by atoms with Crippen molar-refractivity contribution in [3.8, 4) is 0 Å². The van der Waals surface area contributed by atoms with Gasteiger partial charge in [-0.1, -0.05) is 0 Å². The van der Waals surface area contributed by atoms with Gasteiger partial charge in [0.15, 0.2) is 0 Å². The van der Waals surface area contributed by atoms with Gasteiger partial charge >= 0.3 is 0 Å². The highest BCUT2D eigenvalue weighted by atomic mass is 16.2. The van der Waals surface area contributed by atoms with Gasteiger partial charge in [-0.25, -0.2) is 0 Å². The van der Waals surface area contributed by atoms with Crippen LogP contribution in [0.15, 0.2) is 0 Å². The van der Waals surface area contributed by atoms with Crippen LogP contribution in [0.4, 0.5) is 0 Å². The molecule has 0 aromatic carbocycles. The molecule has 3 atom stereocenters. The fourth-order valence-corrected chi connectivity index (χ4v) is 3.53. The van der Waals surface area contributed by atoms with Crippen molar-refractivity contribution in [2.45, 2.75) is 51.2 Å². The predicted octanol–water partition coefficient (Wildman–Crippen LogP) is -0.204. The largest absolute Gasteiger partial charge is 0.358 e. The molecule has 0 aromatic rings. The van der Waals surface area contributed by atoms with Crippen LogP contribution in [0.3, 0.4) is 0 Å². The highest BCUT2D eigenvalue weighted by molar-refractivity contribution is 5.84. The van der Waals surface area contributed by atoms with Crippen molar-refractivity contribution >= 4 is 11.8 Å². The SMILES string of the molecule is CNC(=O)C1CNCCN1CC(=O)N1C(C)CCCC1C. The van der Waals surface area contributed by atoms with E-state index in [1.165, 1.54) is 6.42 Å². The average molecular weight is 296 g/mol. The monoisotopic (exact) mass is 296 g/mol. The highest BCUT2D eigenvalue weighted by Crippen LogP contribution is 2.23. The van der Waals surface area contributed by atoms with E-state index in [0.29, 0.717) is 25.2 Å². The van der Waals surface area contributed by atoms with Crippen LogP contribution in [-0.2, 0) is 9.59 Å². The predicted molar refractivity (Wildman–Crippen MR) is 81.9 cm³/mol. The van der Waals surface area contributed by atoms with Gasteiger partial charge in [0.05, 0.1) is 6.54 Å². The molecule has 2 fully saturated rings. The van der Waals surface area contributed by atoms with Crippen molar-refractivity contribution < 1.29 is 9.59 Å². The van der Waals surface area contributed by atoms with Crippen molar-refractivity contribution in [1.82, 2.24) is 20.4 Å². The second kappa shape index (κ2) is 7.22. The van der Waals surface area contributed by atoms with E-state index in [1.54, 1.807) is 7.05 Å². The van der Waals surface area contributed by atoms with Crippen LogP contribution in [0.2, 0.25) is 0 Å². The smallest absolute Gasteiger partial charge is 0.238 e. The molecule has 2 heterocycles. The molecule has 0 bridgehead atoms. The number of nitrogens with one attached hydrogen (secondary N) is 2. The molecule has 0 saturated carbocycles. The van der Waals surface area contributed by atoms with Gasteiger partial charge < -0.3 is 15.5 Å². The molecule has 6 nitrogen and oxygen atoms in total. The van der Waals surface area contributed by atoms with Crippen molar-refractivity contribution in [3.05, 3.63) is 0 Å². The summed E-state index contributed by atoms with van der Waals surface area (Å²) in [6.45, 7) is 6.77. The molecule has 2 rings (SSSR count). The second-order valence-corrected chi connectivity index (χ2v) is 6.23. The lowest BCUT2D eigenvalue weighted by atomic mass is 9.97. The Kier molecular flexibility index (Phi) is 5.58. The zero-order valence-electron chi connectivity index (χ0n) is 13.4. The van der Waals surface area contributed by atoms with Crippen LogP contribution in [0.25, 0.3) is 0 Å². The first-order valence-electron chi connectivity index (χ1n) is 8.02. The summed E-state index contributed by atoms with van der Waals surface area (Å²) in [4.78, 5) is 28.6. The number of hydrogen-bond donors (Lipinski definition) is 2. The van der Waals surface area contributed by atoms with Gasteiger partial charge in [-0.15, -0.1) is 0 Å². The molecule has 0 spiro atoms. The maximum Gasteiger partial charge on any atom is 0.238 e. The molecular formula is C15H28N4O2. The summed E-state index contributed by atoms with van der Waals surface area (Å²) < 4.78 is 0. The van der Waals surface area contributed by atoms with Gasteiger partial charge in [0.2, 0.25) is 11.8 Å². The molecule has 6 heteroatoms. The number of piperazine rings is 1. The van der Waals surface area contributed by atoms with Crippen LogP contribution < -0.4 is 10.6 Å². The number of hydrogen-bond acceptors (Lipinski definition) is 4. The Hall–Kier alpha value is -1.14. The van der Waals surface area contributed by atoms with Gasteiger partial charge in [-0.2, -0.15) is 0 Å². The summed E-state index contributed by atoms with van der Waals surface area (Å²) in [5, 5.41) is 5.91.